The van der Waals surface area contributed by atoms with E-state index in [-0.39, 0.29) is 18.1 Å². The van der Waals surface area contributed by atoms with Crippen LogP contribution in [0.15, 0.2) is 36.4 Å². The molecule has 2 aromatic rings. The summed E-state index contributed by atoms with van der Waals surface area (Å²) in [5.41, 5.74) is 7.17. The molecule has 1 fully saturated rings. The highest BCUT2D eigenvalue weighted by atomic mass is 16.5. The maximum atomic E-state index is 12.6. The Balaban J connectivity index is 1.82. The molecule has 1 aliphatic rings. The largest absolute Gasteiger partial charge is 0.373 e. The van der Waals surface area contributed by atoms with Crippen molar-refractivity contribution in [2.45, 2.75) is 19.1 Å². The van der Waals surface area contributed by atoms with Crippen LogP contribution in [0.3, 0.4) is 0 Å². The number of fused-ring (bicyclic) bond motifs is 1. The summed E-state index contributed by atoms with van der Waals surface area (Å²) in [4.78, 5) is 18.8. The second-order valence-electron chi connectivity index (χ2n) is 5.41. The van der Waals surface area contributed by atoms with Gasteiger partial charge in [0.05, 0.1) is 18.2 Å². The minimum atomic E-state index is -0.108. The highest BCUT2D eigenvalue weighted by molar-refractivity contribution is 5.95. The molecule has 5 nitrogen and oxygen atoms in total. The van der Waals surface area contributed by atoms with Crippen molar-refractivity contribution >= 4 is 16.8 Å². The van der Waals surface area contributed by atoms with Crippen LogP contribution in [0.2, 0.25) is 0 Å². The second-order valence-corrected chi connectivity index (χ2v) is 5.41. The fraction of sp³-hybridized carbons (Fsp3) is 0.375. The predicted molar refractivity (Wildman–Crippen MR) is 81.0 cm³/mol. The Labute approximate surface area is 123 Å². The highest BCUT2D eigenvalue weighted by Crippen LogP contribution is 2.15. The van der Waals surface area contributed by atoms with Gasteiger partial charge in [-0.05, 0) is 19.1 Å². The molecule has 0 radical (unpaired) electrons. The van der Waals surface area contributed by atoms with Gasteiger partial charge >= 0.3 is 0 Å². The number of rotatable bonds is 2. The zero-order valence-electron chi connectivity index (χ0n) is 12.0. The number of para-hydroxylation sites is 1. The summed E-state index contributed by atoms with van der Waals surface area (Å²) in [6.07, 6.45) is -0.108. The first-order valence-corrected chi connectivity index (χ1v) is 7.17. The van der Waals surface area contributed by atoms with Gasteiger partial charge in [-0.15, -0.1) is 0 Å². The molecule has 0 aliphatic carbocycles. The zero-order chi connectivity index (χ0) is 14.8. The molecule has 1 amide bonds. The molecule has 2 heterocycles. The Hall–Kier alpha value is -1.98. The number of benzene rings is 1. The van der Waals surface area contributed by atoms with Crippen LogP contribution in [0.1, 0.15) is 17.4 Å². The molecule has 1 aromatic heterocycles. The van der Waals surface area contributed by atoms with Crippen LogP contribution in [0.25, 0.3) is 10.9 Å². The average molecular weight is 285 g/mol. The minimum absolute atomic E-state index is 0.0605. The Morgan fingerprint density at radius 3 is 3.00 bits per heavy atom. The topological polar surface area (TPSA) is 68.5 Å². The molecule has 110 valence electrons. The lowest BCUT2D eigenvalue weighted by Gasteiger charge is -2.34. The van der Waals surface area contributed by atoms with E-state index in [0.717, 1.165) is 10.9 Å². The monoisotopic (exact) mass is 285 g/mol. The van der Waals surface area contributed by atoms with E-state index in [1.54, 1.807) is 11.0 Å². The van der Waals surface area contributed by atoms with Gasteiger partial charge in [0, 0.05) is 24.5 Å². The van der Waals surface area contributed by atoms with Crippen LogP contribution >= 0.6 is 0 Å². The van der Waals surface area contributed by atoms with E-state index in [2.05, 4.69) is 4.98 Å². The van der Waals surface area contributed by atoms with Crippen molar-refractivity contribution in [2.24, 2.45) is 5.73 Å². The number of carbonyl (C=O) groups excluding carboxylic acids is 1. The number of hydrogen-bond donors (Lipinski definition) is 1. The predicted octanol–water partition coefficient (Wildman–Crippen LogP) is 1.42. The first-order valence-electron chi connectivity index (χ1n) is 7.17. The van der Waals surface area contributed by atoms with E-state index in [1.807, 2.05) is 37.3 Å². The third-order valence-electron chi connectivity index (χ3n) is 3.78. The molecule has 3 rings (SSSR count). The van der Waals surface area contributed by atoms with Gasteiger partial charge in [-0.1, -0.05) is 24.3 Å². The number of nitrogens with zero attached hydrogens (tertiary/aromatic N) is 2. The van der Waals surface area contributed by atoms with Crippen LogP contribution in [-0.2, 0) is 4.74 Å². The van der Waals surface area contributed by atoms with Crippen LogP contribution in [0.4, 0.5) is 0 Å². The molecular formula is C16H19N3O2. The van der Waals surface area contributed by atoms with Gasteiger partial charge in [-0.25, -0.2) is 4.98 Å². The summed E-state index contributed by atoms with van der Waals surface area (Å²) in [5.74, 6) is -0.0605. The molecule has 2 unspecified atom stereocenters. The number of carbonyl (C=O) groups is 1. The van der Waals surface area contributed by atoms with Gasteiger partial charge in [0.2, 0.25) is 0 Å². The Kier molecular flexibility index (Phi) is 3.86. The summed E-state index contributed by atoms with van der Waals surface area (Å²) in [7, 11) is 0. The van der Waals surface area contributed by atoms with Gasteiger partial charge in [0.15, 0.2) is 0 Å². The van der Waals surface area contributed by atoms with E-state index >= 15 is 0 Å². The summed E-state index contributed by atoms with van der Waals surface area (Å²) >= 11 is 0. The van der Waals surface area contributed by atoms with E-state index in [1.165, 1.54) is 0 Å². The van der Waals surface area contributed by atoms with E-state index in [4.69, 9.17) is 10.5 Å². The first kappa shape index (κ1) is 14.0. The molecule has 2 N–H and O–H groups in total. The number of amides is 1. The molecule has 1 saturated heterocycles. The molecule has 1 aromatic carbocycles. The summed E-state index contributed by atoms with van der Waals surface area (Å²) in [5, 5.41) is 1.03. The van der Waals surface area contributed by atoms with Crippen LogP contribution in [-0.4, -0.2) is 47.6 Å². The Morgan fingerprint density at radius 2 is 2.19 bits per heavy atom. The number of morpholine rings is 1. The molecule has 1 aliphatic heterocycles. The van der Waals surface area contributed by atoms with Gasteiger partial charge in [-0.2, -0.15) is 0 Å². The molecule has 0 spiro atoms. The Bertz CT molecular complexity index is 657. The third-order valence-corrected chi connectivity index (χ3v) is 3.78. The molecule has 2 atom stereocenters. The number of ether oxygens (including phenoxy) is 1. The molecule has 21 heavy (non-hydrogen) atoms. The summed E-state index contributed by atoms with van der Waals surface area (Å²) < 4.78 is 5.59. The number of pyridine rings is 1. The van der Waals surface area contributed by atoms with Gasteiger partial charge in [0.25, 0.3) is 5.91 Å². The quantitative estimate of drug-likeness (QED) is 0.906. The van der Waals surface area contributed by atoms with E-state index in [9.17, 15) is 4.79 Å². The van der Waals surface area contributed by atoms with Crippen molar-refractivity contribution in [2.75, 3.05) is 19.7 Å². The highest BCUT2D eigenvalue weighted by Gasteiger charge is 2.27. The standard InChI is InChI=1S/C16H19N3O2/c1-11(17)15-10-19(8-9-21-15)16(20)14-7-6-12-4-2-3-5-13(12)18-14/h2-7,11,15H,8-10,17H2,1H3. The molecular weight excluding hydrogens is 266 g/mol. The minimum Gasteiger partial charge on any atom is -0.373 e. The lowest BCUT2D eigenvalue weighted by atomic mass is 10.1. The molecule has 5 heteroatoms. The van der Waals surface area contributed by atoms with Crippen LogP contribution in [0, 0.1) is 0 Å². The van der Waals surface area contributed by atoms with Crippen LogP contribution < -0.4 is 5.73 Å². The van der Waals surface area contributed by atoms with Crippen molar-refractivity contribution in [3.05, 3.63) is 42.1 Å². The van der Waals surface area contributed by atoms with Crippen molar-refractivity contribution in [1.29, 1.82) is 0 Å². The van der Waals surface area contributed by atoms with Crippen molar-refractivity contribution in [1.82, 2.24) is 9.88 Å². The van der Waals surface area contributed by atoms with Crippen molar-refractivity contribution in [3.63, 3.8) is 0 Å². The van der Waals surface area contributed by atoms with Crippen LogP contribution in [0.5, 0.6) is 0 Å². The van der Waals surface area contributed by atoms with Gasteiger partial charge in [-0.3, -0.25) is 4.79 Å². The Morgan fingerprint density at radius 1 is 1.38 bits per heavy atom. The fourth-order valence-electron chi connectivity index (χ4n) is 2.53. The maximum absolute atomic E-state index is 12.6. The normalized spacial score (nSPS) is 20.5. The fourth-order valence-corrected chi connectivity index (χ4v) is 2.53. The summed E-state index contributed by atoms with van der Waals surface area (Å²) in [6, 6.07) is 11.4. The molecule has 0 bridgehead atoms. The van der Waals surface area contributed by atoms with Crippen molar-refractivity contribution < 1.29 is 9.53 Å². The summed E-state index contributed by atoms with van der Waals surface area (Å²) in [6.45, 7) is 3.51. The smallest absolute Gasteiger partial charge is 0.272 e. The number of nitrogens with two attached hydrogens (primary N) is 1. The number of hydrogen-bond acceptors (Lipinski definition) is 4. The first-order chi connectivity index (χ1) is 10.1. The third kappa shape index (κ3) is 2.89. The lowest BCUT2D eigenvalue weighted by molar-refractivity contribution is -0.0301. The lowest BCUT2D eigenvalue weighted by Crippen LogP contribution is -2.51. The van der Waals surface area contributed by atoms with Crippen molar-refractivity contribution in [3.8, 4) is 0 Å². The maximum Gasteiger partial charge on any atom is 0.272 e. The van der Waals surface area contributed by atoms with E-state index < -0.39 is 0 Å². The SMILES string of the molecule is CC(N)C1CN(C(=O)c2ccc3ccccc3n2)CCO1. The average Bonchev–Trinajstić information content (AvgIpc) is 2.53. The number of aromatic nitrogens is 1. The van der Waals surface area contributed by atoms with Gasteiger partial charge < -0.3 is 15.4 Å². The molecule has 0 saturated carbocycles. The zero-order valence-corrected chi connectivity index (χ0v) is 12.0. The van der Waals surface area contributed by atoms with Gasteiger partial charge in [0.1, 0.15) is 5.69 Å². The second kappa shape index (κ2) is 5.79. The van der Waals surface area contributed by atoms with E-state index in [0.29, 0.717) is 25.4 Å².